The number of aromatic nitrogens is 1. The lowest BCUT2D eigenvalue weighted by Gasteiger charge is -2.22. The summed E-state index contributed by atoms with van der Waals surface area (Å²) in [7, 11) is 0. The lowest BCUT2D eigenvalue weighted by Crippen LogP contribution is -2.36. The van der Waals surface area contributed by atoms with E-state index in [4.69, 9.17) is 4.74 Å². The Kier molecular flexibility index (Phi) is 6.41. The third-order valence-corrected chi connectivity index (χ3v) is 4.62. The van der Waals surface area contributed by atoms with Gasteiger partial charge in [-0.05, 0) is 56.2 Å². The molecular weight excluding hydrogens is 342 g/mol. The molecule has 1 aliphatic carbocycles. The highest BCUT2D eigenvalue weighted by Crippen LogP contribution is 2.18. The van der Waals surface area contributed by atoms with E-state index in [2.05, 4.69) is 15.6 Å². The topological polar surface area (TPSA) is 80.3 Å². The van der Waals surface area contributed by atoms with Gasteiger partial charge in [0.15, 0.2) is 0 Å². The zero-order chi connectivity index (χ0) is 19.1. The molecule has 1 aliphatic rings. The monoisotopic (exact) mass is 367 g/mol. The minimum atomic E-state index is -0.355. The molecule has 27 heavy (non-hydrogen) atoms. The molecule has 0 aliphatic heterocycles. The summed E-state index contributed by atoms with van der Waals surface area (Å²) in [5.41, 5.74) is 1.30. The molecule has 1 heterocycles. The van der Waals surface area contributed by atoms with Crippen LogP contribution in [0.5, 0.6) is 5.75 Å². The molecule has 0 bridgehead atoms. The third-order valence-electron chi connectivity index (χ3n) is 4.62. The Bertz CT molecular complexity index is 784. The van der Waals surface area contributed by atoms with Gasteiger partial charge >= 0.3 is 0 Å². The van der Waals surface area contributed by atoms with Gasteiger partial charge in [-0.15, -0.1) is 0 Å². The van der Waals surface area contributed by atoms with E-state index in [0.29, 0.717) is 17.9 Å². The molecule has 0 radical (unpaired) electrons. The van der Waals surface area contributed by atoms with Crippen LogP contribution in [0.25, 0.3) is 0 Å². The molecule has 1 fully saturated rings. The van der Waals surface area contributed by atoms with Crippen LogP contribution in [0.3, 0.4) is 0 Å². The molecule has 0 atom stereocenters. The summed E-state index contributed by atoms with van der Waals surface area (Å²) in [5, 5.41) is 5.84. The molecule has 3 rings (SSSR count). The van der Waals surface area contributed by atoms with E-state index in [9.17, 15) is 9.59 Å². The molecule has 2 N–H and O–H groups in total. The second kappa shape index (κ2) is 9.16. The standard InChI is InChI=1S/C21H25N3O3/c1-2-27-18-10-8-17(9-11-18)24-21(26)19-14-15(12-13-22-19)20(25)23-16-6-4-3-5-7-16/h8-14,16H,2-7H2,1H3,(H,23,25)(H,24,26). The molecule has 1 saturated carbocycles. The highest BCUT2D eigenvalue weighted by Gasteiger charge is 2.18. The first-order valence-corrected chi connectivity index (χ1v) is 9.47. The number of carbonyl (C=O) groups excluding carboxylic acids is 2. The fraction of sp³-hybridized carbons (Fsp3) is 0.381. The van der Waals surface area contributed by atoms with Crippen molar-refractivity contribution < 1.29 is 14.3 Å². The van der Waals surface area contributed by atoms with Crippen molar-refractivity contribution in [2.24, 2.45) is 0 Å². The fourth-order valence-corrected chi connectivity index (χ4v) is 3.21. The maximum atomic E-state index is 12.5. The molecule has 6 nitrogen and oxygen atoms in total. The molecule has 2 aromatic rings. The number of hydrogen-bond donors (Lipinski definition) is 2. The third kappa shape index (κ3) is 5.29. The van der Waals surface area contributed by atoms with E-state index in [1.807, 2.05) is 6.92 Å². The first kappa shape index (κ1) is 18.9. The number of amides is 2. The average Bonchev–Trinajstić information content (AvgIpc) is 2.70. The van der Waals surface area contributed by atoms with Gasteiger partial charge in [0.25, 0.3) is 11.8 Å². The van der Waals surface area contributed by atoms with Crippen molar-refractivity contribution in [3.63, 3.8) is 0 Å². The van der Waals surface area contributed by atoms with Crippen molar-refractivity contribution in [1.82, 2.24) is 10.3 Å². The van der Waals surface area contributed by atoms with Gasteiger partial charge in [0.1, 0.15) is 11.4 Å². The van der Waals surface area contributed by atoms with Crippen molar-refractivity contribution in [3.05, 3.63) is 53.9 Å². The molecule has 0 saturated heterocycles. The Labute approximate surface area is 159 Å². The van der Waals surface area contributed by atoms with Crippen LogP contribution in [0, 0.1) is 0 Å². The Morgan fingerprint density at radius 2 is 1.81 bits per heavy atom. The van der Waals surface area contributed by atoms with Crippen LogP contribution < -0.4 is 15.4 Å². The van der Waals surface area contributed by atoms with Crippen LogP contribution in [-0.2, 0) is 0 Å². The van der Waals surface area contributed by atoms with Crippen molar-refractivity contribution in [2.75, 3.05) is 11.9 Å². The summed E-state index contributed by atoms with van der Waals surface area (Å²) in [6.45, 7) is 2.50. The fourth-order valence-electron chi connectivity index (χ4n) is 3.21. The van der Waals surface area contributed by atoms with E-state index in [-0.39, 0.29) is 23.6 Å². The number of carbonyl (C=O) groups is 2. The van der Waals surface area contributed by atoms with Crippen LogP contribution in [0.4, 0.5) is 5.69 Å². The van der Waals surface area contributed by atoms with Crippen molar-refractivity contribution in [2.45, 2.75) is 45.1 Å². The van der Waals surface area contributed by atoms with Gasteiger partial charge in [-0.1, -0.05) is 19.3 Å². The number of pyridine rings is 1. The van der Waals surface area contributed by atoms with E-state index in [0.717, 1.165) is 31.4 Å². The Morgan fingerprint density at radius 1 is 1.07 bits per heavy atom. The Morgan fingerprint density at radius 3 is 2.52 bits per heavy atom. The lowest BCUT2D eigenvalue weighted by atomic mass is 9.95. The predicted molar refractivity (Wildman–Crippen MR) is 104 cm³/mol. The number of ether oxygens (including phenoxy) is 1. The summed E-state index contributed by atoms with van der Waals surface area (Å²) < 4.78 is 5.39. The molecule has 1 aromatic carbocycles. The van der Waals surface area contributed by atoms with Gasteiger partial charge in [0.2, 0.25) is 0 Å². The summed E-state index contributed by atoms with van der Waals surface area (Å²) in [5.74, 6) is 0.237. The molecular formula is C21H25N3O3. The zero-order valence-electron chi connectivity index (χ0n) is 15.5. The van der Waals surface area contributed by atoms with Crippen LogP contribution in [0.2, 0.25) is 0 Å². The molecule has 6 heteroatoms. The van der Waals surface area contributed by atoms with E-state index in [1.54, 1.807) is 30.3 Å². The lowest BCUT2D eigenvalue weighted by molar-refractivity contribution is 0.0927. The maximum absolute atomic E-state index is 12.5. The number of hydrogen-bond acceptors (Lipinski definition) is 4. The van der Waals surface area contributed by atoms with Gasteiger partial charge in [-0.3, -0.25) is 14.6 Å². The minimum absolute atomic E-state index is 0.153. The van der Waals surface area contributed by atoms with Crippen LogP contribution in [0.15, 0.2) is 42.6 Å². The maximum Gasteiger partial charge on any atom is 0.274 e. The van der Waals surface area contributed by atoms with Crippen molar-refractivity contribution in [1.29, 1.82) is 0 Å². The second-order valence-corrected chi connectivity index (χ2v) is 6.65. The predicted octanol–water partition coefficient (Wildman–Crippen LogP) is 3.80. The van der Waals surface area contributed by atoms with Crippen molar-refractivity contribution in [3.8, 4) is 5.75 Å². The number of nitrogens with zero attached hydrogens (tertiary/aromatic N) is 1. The van der Waals surface area contributed by atoms with Crippen molar-refractivity contribution >= 4 is 17.5 Å². The number of rotatable bonds is 6. The first-order valence-electron chi connectivity index (χ1n) is 9.47. The van der Waals surface area contributed by atoms with Gasteiger partial charge in [0, 0.05) is 23.5 Å². The SMILES string of the molecule is CCOc1ccc(NC(=O)c2cc(C(=O)NC3CCCCC3)ccn2)cc1. The first-order chi connectivity index (χ1) is 13.2. The number of anilines is 1. The number of nitrogens with one attached hydrogen (secondary N) is 2. The average molecular weight is 367 g/mol. The smallest absolute Gasteiger partial charge is 0.274 e. The normalized spacial score (nSPS) is 14.4. The Hall–Kier alpha value is -2.89. The molecule has 1 aromatic heterocycles. The number of benzene rings is 1. The zero-order valence-corrected chi connectivity index (χ0v) is 15.5. The molecule has 0 unspecified atom stereocenters. The summed E-state index contributed by atoms with van der Waals surface area (Å²) in [4.78, 5) is 29.0. The van der Waals surface area contributed by atoms with Gasteiger partial charge < -0.3 is 15.4 Å². The highest BCUT2D eigenvalue weighted by molar-refractivity contribution is 6.04. The van der Waals surface area contributed by atoms with Gasteiger partial charge in [-0.2, -0.15) is 0 Å². The quantitative estimate of drug-likeness (QED) is 0.814. The van der Waals surface area contributed by atoms with Crippen LogP contribution >= 0.6 is 0 Å². The summed E-state index contributed by atoms with van der Waals surface area (Å²) in [6.07, 6.45) is 7.05. The minimum Gasteiger partial charge on any atom is -0.494 e. The van der Waals surface area contributed by atoms with Crippen LogP contribution in [0.1, 0.15) is 59.9 Å². The summed E-state index contributed by atoms with van der Waals surface area (Å²) in [6, 6.07) is 10.5. The molecule has 2 amide bonds. The van der Waals surface area contributed by atoms with E-state index < -0.39 is 0 Å². The van der Waals surface area contributed by atoms with Crippen LogP contribution in [-0.4, -0.2) is 29.4 Å². The highest BCUT2D eigenvalue weighted by atomic mass is 16.5. The van der Waals surface area contributed by atoms with E-state index >= 15 is 0 Å². The molecule has 0 spiro atoms. The molecule has 142 valence electrons. The second-order valence-electron chi connectivity index (χ2n) is 6.65. The van der Waals surface area contributed by atoms with E-state index in [1.165, 1.54) is 18.7 Å². The van der Waals surface area contributed by atoms with Gasteiger partial charge in [0.05, 0.1) is 6.61 Å². The Balaban J connectivity index is 1.63. The van der Waals surface area contributed by atoms with Gasteiger partial charge in [-0.25, -0.2) is 0 Å². The summed E-state index contributed by atoms with van der Waals surface area (Å²) >= 11 is 0. The largest absolute Gasteiger partial charge is 0.494 e.